The summed E-state index contributed by atoms with van der Waals surface area (Å²) in [7, 11) is 1.58. The lowest BCUT2D eigenvalue weighted by Gasteiger charge is -2.15. The minimum atomic E-state index is -4.47. The fourth-order valence-electron chi connectivity index (χ4n) is 3.97. The molecular weight excluding hydrogens is 399 g/mol. The van der Waals surface area contributed by atoms with Crippen LogP contribution in [-0.2, 0) is 11.5 Å². The number of halogens is 3. The summed E-state index contributed by atoms with van der Waals surface area (Å²) in [6, 6.07) is 24.0. The van der Waals surface area contributed by atoms with Crippen molar-refractivity contribution in [2.75, 3.05) is 7.11 Å². The summed E-state index contributed by atoms with van der Waals surface area (Å²) >= 11 is 0. The monoisotopic (exact) mass is 421 g/mol. The van der Waals surface area contributed by atoms with Crippen molar-refractivity contribution in [1.29, 1.82) is 0 Å². The van der Waals surface area contributed by atoms with Gasteiger partial charge in [0.1, 0.15) is 6.73 Å². The predicted octanol–water partition coefficient (Wildman–Crippen LogP) is 7.21. The average molecular weight is 421 g/mol. The van der Waals surface area contributed by atoms with Gasteiger partial charge in [-0.3, -0.25) is 0 Å². The van der Waals surface area contributed by atoms with Gasteiger partial charge in [-0.15, -0.1) is 0 Å². The van der Waals surface area contributed by atoms with Crippen molar-refractivity contribution in [3.05, 3.63) is 102 Å². The van der Waals surface area contributed by atoms with Crippen LogP contribution >= 0.6 is 0 Å². The van der Waals surface area contributed by atoms with E-state index in [-0.39, 0.29) is 12.3 Å². The SMILES string of the molecule is COCn1c(-c2ccccc2)c(/C(=C\C(F)(F)F)c2ccccc2)c2ccc(C)cc21. The maximum absolute atomic E-state index is 13.7. The maximum Gasteiger partial charge on any atom is 0.410 e. The molecule has 4 rings (SSSR count). The molecule has 1 aromatic heterocycles. The summed E-state index contributed by atoms with van der Waals surface area (Å²) in [6.45, 7) is 2.19. The quantitative estimate of drug-likeness (QED) is 0.332. The van der Waals surface area contributed by atoms with E-state index in [0.29, 0.717) is 22.9 Å². The Morgan fingerprint density at radius 3 is 2.19 bits per heavy atom. The summed E-state index contributed by atoms with van der Waals surface area (Å²) in [5, 5.41) is 0.751. The Labute approximate surface area is 179 Å². The van der Waals surface area contributed by atoms with Crippen LogP contribution in [0.4, 0.5) is 13.2 Å². The molecule has 31 heavy (non-hydrogen) atoms. The van der Waals surface area contributed by atoms with Crippen LogP contribution in [-0.4, -0.2) is 17.9 Å². The molecule has 1 heterocycles. The number of fused-ring (bicyclic) bond motifs is 1. The third-order valence-electron chi connectivity index (χ3n) is 5.19. The number of methoxy groups -OCH3 is 1. The molecule has 0 saturated heterocycles. The molecule has 0 fully saturated rings. The zero-order chi connectivity index (χ0) is 22.0. The molecule has 0 atom stereocenters. The zero-order valence-corrected chi connectivity index (χ0v) is 17.3. The van der Waals surface area contributed by atoms with E-state index < -0.39 is 6.18 Å². The highest BCUT2D eigenvalue weighted by Gasteiger charge is 2.29. The number of aryl methyl sites for hydroxylation is 1. The zero-order valence-electron chi connectivity index (χ0n) is 17.3. The van der Waals surface area contributed by atoms with Crippen LogP contribution in [0.15, 0.2) is 84.9 Å². The number of hydrogen-bond donors (Lipinski definition) is 0. The third-order valence-corrected chi connectivity index (χ3v) is 5.19. The Kier molecular flexibility index (Phi) is 5.70. The van der Waals surface area contributed by atoms with Crippen molar-refractivity contribution < 1.29 is 17.9 Å². The molecule has 0 aliphatic heterocycles. The third kappa shape index (κ3) is 4.28. The average Bonchev–Trinajstić information content (AvgIpc) is 3.06. The Bertz CT molecular complexity index is 1220. The van der Waals surface area contributed by atoms with Gasteiger partial charge in [0, 0.05) is 24.1 Å². The first kappa shape index (κ1) is 20.9. The molecule has 3 aromatic carbocycles. The largest absolute Gasteiger partial charge is 0.410 e. The Morgan fingerprint density at radius 1 is 0.935 bits per heavy atom. The van der Waals surface area contributed by atoms with Gasteiger partial charge in [-0.05, 0) is 35.3 Å². The molecule has 5 heteroatoms. The van der Waals surface area contributed by atoms with E-state index in [1.165, 1.54) is 0 Å². The molecule has 0 aliphatic carbocycles. The summed E-state index contributed by atoms with van der Waals surface area (Å²) in [6.07, 6.45) is -4.07. The Hall–Kier alpha value is -3.31. The number of benzene rings is 3. The van der Waals surface area contributed by atoms with Gasteiger partial charge >= 0.3 is 6.18 Å². The second-order valence-electron chi connectivity index (χ2n) is 7.42. The fourth-order valence-corrected chi connectivity index (χ4v) is 3.97. The van der Waals surface area contributed by atoms with Gasteiger partial charge in [-0.2, -0.15) is 13.2 Å². The first-order valence-electron chi connectivity index (χ1n) is 9.91. The van der Waals surface area contributed by atoms with E-state index in [4.69, 9.17) is 4.74 Å². The normalized spacial score (nSPS) is 12.5. The number of alkyl halides is 3. The highest BCUT2D eigenvalue weighted by Crippen LogP contribution is 2.42. The van der Waals surface area contributed by atoms with Crippen LogP contribution in [0.1, 0.15) is 16.7 Å². The predicted molar refractivity (Wildman–Crippen MR) is 119 cm³/mol. The molecule has 0 aliphatic rings. The Balaban J connectivity index is 2.17. The lowest BCUT2D eigenvalue weighted by Crippen LogP contribution is -2.06. The van der Waals surface area contributed by atoms with Crippen molar-refractivity contribution in [3.63, 3.8) is 0 Å². The van der Waals surface area contributed by atoms with E-state index >= 15 is 0 Å². The first-order chi connectivity index (χ1) is 14.9. The summed E-state index contributed by atoms with van der Waals surface area (Å²) < 4.78 is 48.6. The van der Waals surface area contributed by atoms with Gasteiger partial charge in [0.2, 0.25) is 0 Å². The van der Waals surface area contributed by atoms with E-state index in [1.54, 1.807) is 37.4 Å². The summed E-state index contributed by atoms with van der Waals surface area (Å²) in [5.74, 6) is 0. The highest BCUT2D eigenvalue weighted by molar-refractivity contribution is 6.04. The van der Waals surface area contributed by atoms with E-state index in [0.717, 1.165) is 22.0 Å². The van der Waals surface area contributed by atoms with Crippen molar-refractivity contribution in [2.24, 2.45) is 0 Å². The van der Waals surface area contributed by atoms with Crippen LogP contribution in [0.3, 0.4) is 0 Å². The number of hydrogen-bond acceptors (Lipinski definition) is 1. The van der Waals surface area contributed by atoms with Crippen molar-refractivity contribution >= 4 is 16.5 Å². The molecule has 158 valence electrons. The second kappa shape index (κ2) is 8.44. The minimum Gasteiger partial charge on any atom is -0.364 e. The van der Waals surface area contributed by atoms with Gasteiger partial charge in [-0.1, -0.05) is 72.8 Å². The number of nitrogens with zero attached hydrogens (tertiary/aromatic N) is 1. The van der Waals surface area contributed by atoms with E-state index in [1.807, 2.05) is 60.0 Å². The van der Waals surface area contributed by atoms with E-state index in [9.17, 15) is 13.2 Å². The van der Waals surface area contributed by atoms with Crippen molar-refractivity contribution in [2.45, 2.75) is 19.8 Å². The molecule has 2 nitrogen and oxygen atoms in total. The molecule has 0 amide bonds. The summed E-state index contributed by atoms with van der Waals surface area (Å²) in [4.78, 5) is 0. The number of allylic oxidation sites excluding steroid dienone is 1. The van der Waals surface area contributed by atoms with Crippen LogP contribution in [0.25, 0.3) is 27.7 Å². The van der Waals surface area contributed by atoms with Gasteiger partial charge < -0.3 is 9.30 Å². The van der Waals surface area contributed by atoms with Crippen molar-refractivity contribution in [3.8, 4) is 11.3 Å². The number of aromatic nitrogens is 1. The van der Waals surface area contributed by atoms with Gasteiger partial charge in [0.05, 0.1) is 11.2 Å². The highest BCUT2D eigenvalue weighted by atomic mass is 19.4. The number of ether oxygens (including phenoxy) is 1. The lowest BCUT2D eigenvalue weighted by atomic mass is 9.92. The standard InChI is InChI=1S/C26H22F3NO/c1-18-13-14-21-23(15-18)30(17-31-2)25(20-11-7-4-8-12-20)24(21)22(16-26(27,28)29)19-9-5-3-6-10-19/h3-16H,17H2,1-2H3/b22-16-. The molecule has 0 unspecified atom stereocenters. The smallest absolute Gasteiger partial charge is 0.364 e. The molecular formula is C26H22F3NO. The van der Waals surface area contributed by atoms with Crippen LogP contribution in [0.2, 0.25) is 0 Å². The second-order valence-corrected chi connectivity index (χ2v) is 7.42. The van der Waals surface area contributed by atoms with Crippen LogP contribution < -0.4 is 0 Å². The summed E-state index contributed by atoms with van der Waals surface area (Å²) in [5.41, 5.74) is 4.57. The first-order valence-corrected chi connectivity index (χ1v) is 9.91. The van der Waals surface area contributed by atoms with Gasteiger partial charge in [0.25, 0.3) is 0 Å². The van der Waals surface area contributed by atoms with Crippen LogP contribution in [0, 0.1) is 6.92 Å². The molecule has 4 aromatic rings. The maximum atomic E-state index is 13.7. The van der Waals surface area contributed by atoms with Gasteiger partial charge in [0.15, 0.2) is 0 Å². The Morgan fingerprint density at radius 2 is 1.58 bits per heavy atom. The topological polar surface area (TPSA) is 14.2 Å². The van der Waals surface area contributed by atoms with E-state index in [2.05, 4.69) is 0 Å². The molecule has 0 radical (unpaired) electrons. The fraction of sp³-hybridized carbons (Fsp3) is 0.154. The van der Waals surface area contributed by atoms with Crippen molar-refractivity contribution in [1.82, 2.24) is 4.57 Å². The van der Waals surface area contributed by atoms with Crippen LogP contribution in [0.5, 0.6) is 0 Å². The van der Waals surface area contributed by atoms with Gasteiger partial charge in [-0.25, -0.2) is 0 Å². The number of rotatable bonds is 5. The molecule has 0 saturated carbocycles. The molecule has 0 spiro atoms. The molecule has 0 N–H and O–H groups in total. The lowest BCUT2D eigenvalue weighted by molar-refractivity contribution is -0.0793. The molecule has 0 bridgehead atoms. The minimum absolute atomic E-state index is 0.135.